The summed E-state index contributed by atoms with van der Waals surface area (Å²) in [7, 11) is 0. The van der Waals surface area contributed by atoms with Gasteiger partial charge in [0.05, 0.1) is 5.41 Å². The summed E-state index contributed by atoms with van der Waals surface area (Å²) in [5.74, 6) is -0.940. The summed E-state index contributed by atoms with van der Waals surface area (Å²) in [4.78, 5) is 25.2. The molecule has 0 spiro atoms. The van der Waals surface area contributed by atoms with E-state index < -0.39 is 11.4 Å². The molecule has 0 aliphatic carbocycles. The van der Waals surface area contributed by atoms with Gasteiger partial charge >= 0.3 is 5.97 Å². The SMILES string of the molecule is CCC1(C(=O)O)CCCN(C(=O)C2=COCCO2)C1. The number of nitrogens with zero attached hydrogens (tertiary/aromatic N) is 1. The zero-order chi connectivity index (χ0) is 13.9. The maximum atomic E-state index is 12.2. The molecule has 6 nitrogen and oxygen atoms in total. The Bertz CT molecular complexity index is 406. The van der Waals surface area contributed by atoms with Gasteiger partial charge in [0.2, 0.25) is 5.76 Å². The van der Waals surface area contributed by atoms with Crippen molar-refractivity contribution in [1.29, 1.82) is 0 Å². The van der Waals surface area contributed by atoms with Crippen LogP contribution in [0.25, 0.3) is 0 Å². The minimum absolute atomic E-state index is 0.170. The number of amides is 1. The Hall–Kier alpha value is -1.72. The number of piperidine rings is 1. The average molecular weight is 269 g/mol. The summed E-state index contributed by atoms with van der Waals surface area (Å²) >= 11 is 0. The molecule has 2 aliphatic rings. The summed E-state index contributed by atoms with van der Waals surface area (Å²) in [5.41, 5.74) is -0.829. The van der Waals surface area contributed by atoms with Gasteiger partial charge in [-0.1, -0.05) is 6.92 Å². The van der Waals surface area contributed by atoms with Crippen molar-refractivity contribution in [3.05, 3.63) is 12.0 Å². The molecule has 0 bridgehead atoms. The van der Waals surface area contributed by atoms with Crippen LogP contribution in [0.5, 0.6) is 0 Å². The van der Waals surface area contributed by atoms with Gasteiger partial charge in [-0.05, 0) is 19.3 Å². The van der Waals surface area contributed by atoms with E-state index in [-0.39, 0.29) is 18.2 Å². The third-order valence-electron chi connectivity index (χ3n) is 3.85. The number of hydrogen-bond donors (Lipinski definition) is 1. The average Bonchev–Trinajstić information content (AvgIpc) is 2.47. The molecule has 1 unspecified atom stereocenters. The van der Waals surface area contributed by atoms with Gasteiger partial charge in [0.15, 0.2) is 0 Å². The van der Waals surface area contributed by atoms with Gasteiger partial charge in [0.25, 0.3) is 5.91 Å². The van der Waals surface area contributed by atoms with Crippen LogP contribution in [-0.2, 0) is 19.1 Å². The molecule has 1 amide bonds. The number of hydrogen-bond acceptors (Lipinski definition) is 4. The van der Waals surface area contributed by atoms with Crippen molar-refractivity contribution < 1.29 is 24.2 Å². The lowest BCUT2D eigenvalue weighted by Crippen LogP contribution is -2.50. The Morgan fingerprint density at radius 3 is 2.84 bits per heavy atom. The van der Waals surface area contributed by atoms with Crippen LogP contribution in [0.4, 0.5) is 0 Å². The summed E-state index contributed by atoms with van der Waals surface area (Å²) in [6.45, 7) is 3.43. The monoisotopic (exact) mass is 269 g/mol. The quantitative estimate of drug-likeness (QED) is 0.826. The van der Waals surface area contributed by atoms with E-state index in [1.165, 1.54) is 6.26 Å². The van der Waals surface area contributed by atoms with E-state index in [1.54, 1.807) is 4.90 Å². The van der Waals surface area contributed by atoms with Crippen molar-refractivity contribution in [2.45, 2.75) is 26.2 Å². The van der Waals surface area contributed by atoms with Crippen LogP contribution in [0, 0.1) is 5.41 Å². The lowest BCUT2D eigenvalue weighted by molar-refractivity contribution is -0.155. The van der Waals surface area contributed by atoms with Gasteiger partial charge in [0.1, 0.15) is 19.5 Å². The molecule has 1 atom stereocenters. The summed E-state index contributed by atoms with van der Waals surface area (Å²) < 4.78 is 10.3. The molecule has 19 heavy (non-hydrogen) atoms. The highest BCUT2D eigenvalue weighted by Crippen LogP contribution is 2.34. The topological polar surface area (TPSA) is 76.1 Å². The van der Waals surface area contributed by atoms with Gasteiger partial charge in [-0.15, -0.1) is 0 Å². The lowest BCUT2D eigenvalue weighted by Gasteiger charge is -2.39. The first-order valence-electron chi connectivity index (χ1n) is 6.56. The molecule has 0 radical (unpaired) electrons. The first kappa shape index (κ1) is 13.7. The van der Waals surface area contributed by atoms with E-state index in [0.717, 1.165) is 0 Å². The highest BCUT2D eigenvalue weighted by molar-refractivity contribution is 5.92. The van der Waals surface area contributed by atoms with E-state index >= 15 is 0 Å². The van der Waals surface area contributed by atoms with Gasteiger partial charge in [-0.25, -0.2) is 0 Å². The van der Waals surface area contributed by atoms with E-state index in [0.29, 0.717) is 39.0 Å². The van der Waals surface area contributed by atoms with E-state index in [4.69, 9.17) is 9.47 Å². The van der Waals surface area contributed by atoms with Crippen LogP contribution in [0.15, 0.2) is 12.0 Å². The van der Waals surface area contributed by atoms with Crippen LogP contribution < -0.4 is 0 Å². The second kappa shape index (κ2) is 5.50. The third-order valence-corrected chi connectivity index (χ3v) is 3.85. The number of ether oxygens (including phenoxy) is 2. The highest BCUT2D eigenvalue weighted by atomic mass is 16.6. The standard InChI is InChI=1S/C13H19NO5/c1-2-13(12(16)17)4-3-5-14(9-13)11(15)10-8-18-6-7-19-10/h8H,2-7,9H2,1H3,(H,16,17). The third kappa shape index (κ3) is 2.67. The molecule has 106 valence electrons. The highest BCUT2D eigenvalue weighted by Gasteiger charge is 2.42. The summed E-state index contributed by atoms with van der Waals surface area (Å²) in [6, 6.07) is 0. The Labute approximate surface area is 112 Å². The largest absolute Gasteiger partial charge is 0.494 e. The normalized spacial score (nSPS) is 27.0. The number of carboxylic acids is 1. The second-order valence-electron chi connectivity index (χ2n) is 4.97. The first-order valence-corrected chi connectivity index (χ1v) is 6.56. The fraction of sp³-hybridized carbons (Fsp3) is 0.692. The van der Waals surface area contributed by atoms with Gasteiger partial charge in [-0.3, -0.25) is 9.59 Å². The first-order chi connectivity index (χ1) is 9.09. The van der Waals surface area contributed by atoms with Gasteiger partial charge in [-0.2, -0.15) is 0 Å². The minimum Gasteiger partial charge on any atom is -0.494 e. The maximum Gasteiger partial charge on any atom is 0.311 e. The van der Waals surface area contributed by atoms with Gasteiger partial charge in [0, 0.05) is 13.1 Å². The van der Waals surface area contributed by atoms with Gasteiger partial charge < -0.3 is 19.5 Å². The van der Waals surface area contributed by atoms with E-state index in [1.807, 2.05) is 6.92 Å². The predicted molar refractivity (Wildman–Crippen MR) is 66.2 cm³/mol. The summed E-state index contributed by atoms with van der Waals surface area (Å²) in [6.07, 6.45) is 3.14. The van der Waals surface area contributed by atoms with Crippen molar-refractivity contribution >= 4 is 11.9 Å². The Kier molecular flexibility index (Phi) is 3.97. The smallest absolute Gasteiger partial charge is 0.311 e. The zero-order valence-electron chi connectivity index (χ0n) is 11.1. The van der Waals surface area contributed by atoms with Crippen molar-refractivity contribution in [3.8, 4) is 0 Å². The molecule has 2 aliphatic heterocycles. The molecule has 1 N–H and O–H groups in total. The predicted octanol–water partition coefficient (Wildman–Crippen LogP) is 0.978. The van der Waals surface area contributed by atoms with E-state index in [9.17, 15) is 14.7 Å². The molecule has 1 fully saturated rings. The molecule has 2 rings (SSSR count). The minimum atomic E-state index is -0.831. The summed E-state index contributed by atoms with van der Waals surface area (Å²) in [5, 5.41) is 9.39. The molecular weight excluding hydrogens is 250 g/mol. The number of carbonyl (C=O) groups is 2. The Morgan fingerprint density at radius 2 is 2.26 bits per heavy atom. The maximum absolute atomic E-state index is 12.2. The van der Waals surface area contributed by atoms with Crippen molar-refractivity contribution in [2.75, 3.05) is 26.3 Å². The van der Waals surface area contributed by atoms with Crippen LogP contribution in [-0.4, -0.2) is 48.2 Å². The van der Waals surface area contributed by atoms with Crippen LogP contribution >= 0.6 is 0 Å². The number of aliphatic carboxylic acids is 1. The zero-order valence-corrected chi connectivity index (χ0v) is 11.1. The molecule has 6 heteroatoms. The molecule has 0 aromatic heterocycles. The van der Waals surface area contributed by atoms with Crippen molar-refractivity contribution in [1.82, 2.24) is 4.90 Å². The second-order valence-corrected chi connectivity index (χ2v) is 4.97. The van der Waals surface area contributed by atoms with Crippen molar-refractivity contribution in [3.63, 3.8) is 0 Å². The van der Waals surface area contributed by atoms with E-state index in [2.05, 4.69) is 0 Å². The number of carboxylic acid groups (broad SMARTS) is 1. The fourth-order valence-electron chi connectivity index (χ4n) is 2.56. The van der Waals surface area contributed by atoms with Crippen molar-refractivity contribution in [2.24, 2.45) is 5.41 Å². The Morgan fingerprint density at radius 1 is 1.47 bits per heavy atom. The number of carbonyl (C=O) groups excluding carboxylic acids is 1. The number of likely N-dealkylation sites (tertiary alicyclic amines) is 1. The lowest BCUT2D eigenvalue weighted by atomic mass is 9.77. The molecule has 1 saturated heterocycles. The van der Waals surface area contributed by atoms with Crippen LogP contribution in [0.3, 0.4) is 0 Å². The number of rotatable bonds is 3. The Balaban J connectivity index is 2.10. The van der Waals surface area contributed by atoms with Crippen LogP contribution in [0.2, 0.25) is 0 Å². The molecule has 0 aromatic carbocycles. The van der Waals surface area contributed by atoms with Crippen LogP contribution in [0.1, 0.15) is 26.2 Å². The molecule has 0 aromatic rings. The molecule has 2 heterocycles. The molecular formula is C13H19NO5. The molecule has 0 saturated carbocycles. The fourth-order valence-corrected chi connectivity index (χ4v) is 2.56.